The van der Waals surface area contributed by atoms with Crippen molar-refractivity contribution in [3.05, 3.63) is 95.1 Å². The van der Waals surface area contributed by atoms with Crippen LogP contribution in [0.1, 0.15) is 41.5 Å². The molecule has 1 N–H and O–H groups in total. The van der Waals surface area contributed by atoms with E-state index in [1.807, 2.05) is 24.3 Å². The van der Waals surface area contributed by atoms with Gasteiger partial charge < -0.3 is 10.1 Å². The molecule has 33 heavy (non-hydrogen) atoms. The molecule has 0 radical (unpaired) electrons. The van der Waals surface area contributed by atoms with Crippen molar-refractivity contribution in [1.29, 1.82) is 5.26 Å². The summed E-state index contributed by atoms with van der Waals surface area (Å²) in [4.78, 5) is 12.6. The molecule has 0 bridgehead atoms. The Morgan fingerprint density at radius 3 is 2.33 bits per heavy atom. The molecule has 0 aliphatic carbocycles. The number of halogens is 3. The van der Waals surface area contributed by atoms with Gasteiger partial charge in [-0.3, -0.25) is 4.79 Å². The van der Waals surface area contributed by atoms with Crippen LogP contribution in [-0.4, -0.2) is 5.91 Å². The van der Waals surface area contributed by atoms with Crippen LogP contribution in [0.2, 0.25) is 0 Å². The number of hydrogen-bond acceptors (Lipinski definition) is 3. The highest BCUT2D eigenvalue weighted by atomic mass is 19.4. The van der Waals surface area contributed by atoms with Crippen molar-refractivity contribution in [2.75, 3.05) is 5.32 Å². The van der Waals surface area contributed by atoms with Gasteiger partial charge in [0, 0.05) is 17.7 Å². The lowest BCUT2D eigenvalue weighted by molar-refractivity contribution is -0.137. The summed E-state index contributed by atoms with van der Waals surface area (Å²) in [6.45, 7) is 2.04. The monoisotopic (exact) mass is 452 g/mol. The van der Waals surface area contributed by atoms with Crippen LogP contribution < -0.4 is 10.1 Å². The predicted molar refractivity (Wildman–Crippen MR) is 120 cm³/mol. The molecule has 0 saturated heterocycles. The second-order valence-electron chi connectivity index (χ2n) is 7.70. The Hall–Kier alpha value is -3.79. The van der Waals surface area contributed by atoms with Crippen molar-refractivity contribution >= 4 is 11.6 Å². The summed E-state index contributed by atoms with van der Waals surface area (Å²) in [5.41, 5.74) is 2.25. The van der Waals surface area contributed by atoms with Crippen LogP contribution in [0.3, 0.4) is 0 Å². The minimum atomic E-state index is -4.39. The van der Waals surface area contributed by atoms with Gasteiger partial charge in [0.25, 0.3) is 0 Å². The van der Waals surface area contributed by atoms with Crippen LogP contribution in [0, 0.1) is 11.3 Å². The largest absolute Gasteiger partial charge is 0.489 e. The molecule has 170 valence electrons. The second-order valence-corrected chi connectivity index (χ2v) is 7.70. The van der Waals surface area contributed by atoms with E-state index in [1.54, 1.807) is 31.2 Å². The smallest absolute Gasteiger partial charge is 0.416 e. The fourth-order valence-electron chi connectivity index (χ4n) is 3.32. The third-order valence-electron chi connectivity index (χ3n) is 5.19. The molecule has 0 fully saturated rings. The highest BCUT2D eigenvalue weighted by Crippen LogP contribution is 2.31. The van der Waals surface area contributed by atoms with Crippen molar-refractivity contribution in [3.63, 3.8) is 0 Å². The number of alkyl halides is 3. The van der Waals surface area contributed by atoms with Gasteiger partial charge in [-0.25, -0.2) is 0 Å². The number of anilines is 1. The summed E-state index contributed by atoms with van der Waals surface area (Å²) < 4.78 is 44.0. The molecule has 1 amide bonds. The molecule has 0 spiro atoms. The van der Waals surface area contributed by atoms with Crippen molar-refractivity contribution < 1.29 is 22.7 Å². The van der Waals surface area contributed by atoms with Gasteiger partial charge in [-0.2, -0.15) is 18.4 Å². The molecule has 0 aliphatic rings. The first-order chi connectivity index (χ1) is 15.8. The molecule has 0 aliphatic heterocycles. The van der Waals surface area contributed by atoms with E-state index in [0.717, 1.165) is 23.3 Å². The summed E-state index contributed by atoms with van der Waals surface area (Å²) in [5, 5.41) is 11.6. The highest BCUT2D eigenvalue weighted by Gasteiger charge is 2.30. The van der Waals surface area contributed by atoms with Gasteiger partial charge in [-0.05, 0) is 47.4 Å². The van der Waals surface area contributed by atoms with Crippen LogP contribution in [0.4, 0.5) is 18.9 Å². The van der Waals surface area contributed by atoms with E-state index in [4.69, 9.17) is 10.00 Å². The summed E-state index contributed by atoms with van der Waals surface area (Å²) in [6, 6.07) is 21.5. The number of nitrogens with one attached hydrogen (secondary N) is 1. The van der Waals surface area contributed by atoms with Crippen LogP contribution in [-0.2, 0) is 24.0 Å². The first kappa shape index (κ1) is 23.9. The van der Waals surface area contributed by atoms with E-state index in [-0.39, 0.29) is 24.9 Å². The number of nitrogens with zero attached hydrogens (tertiary/aromatic N) is 1. The number of nitriles is 1. The highest BCUT2D eigenvalue weighted by molar-refractivity contribution is 5.92. The lowest BCUT2D eigenvalue weighted by Gasteiger charge is -2.15. The van der Waals surface area contributed by atoms with Crippen molar-refractivity contribution in [2.24, 2.45) is 0 Å². The van der Waals surface area contributed by atoms with Crippen LogP contribution in [0.5, 0.6) is 5.75 Å². The van der Waals surface area contributed by atoms with E-state index >= 15 is 0 Å². The van der Waals surface area contributed by atoms with Gasteiger partial charge in [0.2, 0.25) is 5.91 Å². The van der Waals surface area contributed by atoms with Crippen LogP contribution >= 0.6 is 0 Å². The Morgan fingerprint density at radius 2 is 1.70 bits per heavy atom. The van der Waals surface area contributed by atoms with Crippen molar-refractivity contribution in [3.8, 4) is 11.8 Å². The van der Waals surface area contributed by atoms with Crippen LogP contribution in [0.25, 0.3) is 0 Å². The number of para-hydroxylation sites is 1. The molecule has 0 saturated carbocycles. The third kappa shape index (κ3) is 6.84. The van der Waals surface area contributed by atoms with Crippen LogP contribution in [0.15, 0.2) is 72.8 Å². The Kier molecular flexibility index (Phi) is 7.73. The van der Waals surface area contributed by atoms with E-state index < -0.39 is 11.7 Å². The number of carbonyl (C=O) groups excluding carboxylic acids is 1. The minimum absolute atomic E-state index is 0.126. The first-order valence-electron chi connectivity index (χ1n) is 10.4. The van der Waals surface area contributed by atoms with Gasteiger partial charge in [0.1, 0.15) is 12.4 Å². The quantitative estimate of drug-likeness (QED) is 0.425. The minimum Gasteiger partial charge on any atom is -0.489 e. The maximum absolute atomic E-state index is 12.7. The lowest BCUT2D eigenvalue weighted by Crippen LogP contribution is -2.16. The van der Waals surface area contributed by atoms with E-state index in [0.29, 0.717) is 23.4 Å². The fraction of sp³-hybridized carbons (Fsp3) is 0.231. The molecule has 3 aromatic rings. The van der Waals surface area contributed by atoms with E-state index in [9.17, 15) is 18.0 Å². The zero-order valence-corrected chi connectivity index (χ0v) is 18.0. The Balaban J connectivity index is 1.59. The Morgan fingerprint density at radius 1 is 1.03 bits per heavy atom. The molecule has 1 atom stereocenters. The normalized spacial score (nSPS) is 12.0. The topological polar surface area (TPSA) is 62.1 Å². The molecule has 3 rings (SSSR count). The predicted octanol–water partition coefficient (Wildman–Crippen LogP) is 6.48. The molecule has 4 nitrogen and oxygen atoms in total. The number of benzene rings is 3. The molecule has 0 aromatic heterocycles. The number of rotatable bonds is 8. The number of hydrogen-bond donors (Lipinski definition) is 1. The van der Waals surface area contributed by atoms with Gasteiger partial charge >= 0.3 is 6.18 Å². The van der Waals surface area contributed by atoms with Gasteiger partial charge in [-0.15, -0.1) is 0 Å². The standard InChI is InChI=1S/C26H23F3N2O2/c1-18(20-8-10-22(11-9-20)26(27,28)29)16-25(32)31-24-5-3-2-4-21(24)17-33-23-12-6-19(7-13-23)14-15-30/h2-13,18H,14,16-17H2,1H3,(H,31,32). The molecule has 7 heteroatoms. The molecule has 0 heterocycles. The number of carbonyl (C=O) groups is 1. The summed E-state index contributed by atoms with van der Waals surface area (Å²) in [5.74, 6) is 0.159. The summed E-state index contributed by atoms with van der Waals surface area (Å²) in [7, 11) is 0. The average molecular weight is 452 g/mol. The summed E-state index contributed by atoms with van der Waals surface area (Å²) >= 11 is 0. The second kappa shape index (κ2) is 10.7. The van der Waals surface area contributed by atoms with Gasteiger partial charge in [0.15, 0.2) is 0 Å². The molecular formula is C26H23F3N2O2. The zero-order valence-electron chi connectivity index (χ0n) is 18.0. The van der Waals surface area contributed by atoms with Crippen molar-refractivity contribution in [2.45, 2.75) is 38.5 Å². The fourth-order valence-corrected chi connectivity index (χ4v) is 3.32. The zero-order chi connectivity index (χ0) is 23.8. The van der Waals surface area contributed by atoms with E-state index in [2.05, 4.69) is 11.4 Å². The third-order valence-corrected chi connectivity index (χ3v) is 5.19. The maximum Gasteiger partial charge on any atom is 0.416 e. The SMILES string of the molecule is CC(CC(=O)Nc1ccccc1COc1ccc(CC#N)cc1)c1ccc(C(F)(F)F)cc1. The van der Waals surface area contributed by atoms with Gasteiger partial charge in [0.05, 0.1) is 18.1 Å². The van der Waals surface area contributed by atoms with E-state index in [1.165, 1.54) is 12.1 Å². The Bertz CT molecular complexity index is 1120. The molecule has 1 unspecified atom stereocenters. The first-order valence-corrected chi connectivity index (χ1v) is 10.4. The average Bonchev–Trinajstić information content (AvgIpc) is 2.79. The Labute approximate surface area is 190 Å². The maximum atomic E-state index is 12.7. The summed E-state index contributed by atoms with van der Waals surface area (Å²) in [6.07, 6.45) is -3.93. The van der Waals surface area contributed by atoms with Gasteiger partial charge in [-0.1, -0.05) is 49.4 Å². The number of amides is 1. The number of ether oxygens (including phenoxy) is 1. The molecule has 3 aromatic carbocycles. The molecular weight excluding hydrogens is 429 g/mol. The lowest BCUT2D eigenvalue weighted by atomic mass is 9.96. The van der Waals surface area contributed by atoms with Crippen molar-refractivity contribution in [1.82, 2.24) is 0 Å².